The summed E-state index contributed by atoms with van der Waals surface area (Å²) < 4.78 is 10.00. The third-order valence-electron chi connectivity index (χ3n) is 2.55. The van der Waals surface area contributed by atoms with Gasteiger partial charge in [0.05, 0.1) is 0 Å². The van der Waals surface area contributed by atoms with Gasteiger partial charge in [0, 0.05) is 38.1 Å². The Hall–Kier alpha value is -2.15. The predicted molar refractivity (Wildman–Crippen MR) is 76.3 cm³/mol. The van der Waals surface area contributed by atoms with E-state index in [-0.39, 0.29) is 0 Å². The molecule has 2 aromatic heterocycles. The number of aromatic nitrogens is 3. The summed E-state index contributed by atoms with van der Waals surface area (Å²) in [4.78, 5) is 8.69. The number of nitrogens with zero attached hydrogens (tertiary/aromatic N) is 3. The highest BCUT2D eigenvalue weighted by molar-refractivity contribution is 5.50. The molecule has 0 atom stereocenters. The van der Waals surface area contributed by atoms with Crippen molar-refractivity contribution in [3.63, 3.8) is 0 Å². The Balaban J connectivity index is 2.00. The second kappa shape index (κ2) is 6.85. The Kier molecular flexibility index (Phi) is 4.89. The van der Waals surface area contributed by atoms with Crippen LogP contribution in [0.4, 0.5) is 17.6 Å². The lowest BCUT2D eigenvalue weighted by atomic mass is 10.4. The minimum Gasteiger partial charge on any atom is -0.385 e. The van der Waals surface area contributed by atoms with Crippen molar-refractivity contribution in [2.45, 2.75) is 20.3 Å². The number of aryl methyl sites for hydroxylation is 2. The van der Waals surface area contributed by atoms with Crippen molar-refractivity contribution in [1.29, 1.82) is 0 Å². The lowest BCUT2D eigenvalue weighted by Crippen LogP contribution is -2.08. The normalized spacial score (nSPS) is 10.6. The van der Waals surface area contributed by atoms with Crippen LogP contribution in [-0.2, 0) is 4.74 Å². The topological polar surface area (TPSA) is 85.1 Å². The van der Waals surface area contributed by atoms with E-state index in [4.69, 9.17) is 9.26 Å². The molecule has 0 radical (unpaired) electrons. The summed E-state index contributed by atoms with van der Waals surface area (Å²) >= 11 is 0. The monoisotopic (exact) mass is 277 g/mol. The van der Waals surface area contributed by atoms with Crippen molar-refractivity contribution in [1.82, 2.24) is 15.1 Å². The largest absolute Gasteiger partial charge is 0.385 e. The zero-order valence-electron chi connectivity index (χ0n) is 11.9. The number of hydrogen-bond acceptors (Lipinski definition) is 7. The third kappa shape index (κ3) is 4.20. The summed E-state index contributed by atoms with van der Waals surface area (Å²) in [6.45, 7) is 5.27. The van der Waals surface area contributed by atoms with E-state index in [2.05, 4.69) is 25.8 Å². The van der Waals surface area contributed by atoms with E-state index in [9.17, 15) is 0 Å². The molecule has 0 fully saturated rings. The first-order chi connectivity index (χ1) is 9.67. The Bertz CT molecular complexity index is 555. The number of anilines is 3. The quantitative estimate of drug-likeness (QED) is 0.751. The molecule has 0 amide bonds. The van der Waals surface area contributed by atoms with Crippen molar-refractivity contribution < 1.29 is 9.26 Å². The molecule has 2 N–H and O–H groups in total. The number of nitrogens with one attached hydrogen (secondary N) is 2. The van der Waals surface area contributed by atoms with Crippen molar-refractivity contribution in [3.05, 3.63) is 23.6 Å². The van der Waals surface area contributed by atoms with Crippen molar-refractivity contribution >= 4 is 17.6 Å². The van der Waals surface area contributed by atoms with Gasteiger partial charge < -0.3 is 19.9 Å². The fourth-order valence-electron chi connectivity index (χ4n) is 1.69. The minimum atomic E-state index is 0.493. The average molecular weight is 277 g/mol. The molecule has 0 saturated heterocycles. The highest BCUT2D eigenvalue weighted by atomic mass is 16.5. The van der Waals surface area contributed by atoms with Crippen LogP contribution in [0.5, 0.6) is 0 Å². The Morgan fingerprint density at radius 3 is 2.75 bits per heavy atom. The predicted octanol–water partition coefficient (Wildman–Crippen LogP) is 2.27. The Morgan fingerprint density at radius 1 is 1.20 bits per heavy atom. The first kappa shape index (κ1) is 14.3. The maximum absolute atomic E-state index is 5.00. The molecule has 0 aromatic carbocycles. The number of methoxy groups -OCH3 is 1. The standard InChI is InChI=1S/C13H19N5O2/c1-9-7-11(14-5-4-6-19-3)16-13(15-9)17-12-8-10(2)20-18-12/h7-8H,4-6H2,1-3H3,(H2,14,15,16,17,18). The first-order valence-corrected chi connectivity index (χ1v) is 6.46. The second-order valence-corrected chi connectivity index (χ2v) is 4.44. The van der Waals surface area contributed by atoms with E-state index in [0.717, 1.165) is 36.8 Å². The van der Waals surface area contributed by atoms with Gasteiger partial charge in [-0.2, -0.15) is 4.98 Å². The molecule has 2 heterocycles. The van der Waals surface area contributed by atoms with Crippen LogP contribution >= 0.6 is 0 Å². The van der Waals surface area contributed by atoms with E-state index < -0.39 is 0 Å². The molecule has 2 aromatic rings. The van der Waals surface area contributed by atoms with Crippen LogP contribution in [0.3, 0.4) is 0 Å². The van der Waals surface area contributed by atoms with E-state index >= 15 is 0 Å². The van der Waals surface area contributed by atoms with Crippen LogP contribution in [0.15, 0.2) is 16.7 Å². The van der Waals surface area contributed by atoms with Crippen LogP contribution < -0.4 is 10.6 Å². The van der Waals surface area contributed by atoms with E-state index in [1.165, 1.54) is 0 Å². The molecule has 0 aliphatic carbocycles. The summed E-state index contributed by atoms with van der Waals surface area (Å²) in [6, 6.07) is 3.68. The molecule has 108 valence electrons. The lowest BCUT2D eigenvalue weighted by Gasteiger charge is -2.08. The van der Waals surface area contributed by atoms with Gasteiger partial charge in [0.2, 0.25) is 5.95 Å². The fraction of sp³-hybridized carbons (Fsp3) is 0.462. The van der Waals surface area contributed by atoms with Crippen LogP contribution in [0.25, 0.3) is 0 Å². The van der Waals surface area contributed by atoms with E-state index in [1.54, 1.807) is 13.2 Å². The molecule has 0 aliphatic heterocycles. The van der Waals surface area contributed by atoms with E-state index in [0.29, 0.717) is 11.8 Å². The summed E-state index contributed by atoms with van der Waals surface area (Å²) in [5, 5.41) is 10.1. The maximum Gasteiger partial charge on any atom is 0.230 e. The van der Waals surface area contributed by atoms with Crippen LogP contribution in [0.2, 0.25) is 0 Å². The van der Waals surface area contributed by atoms with E-state index in [1.807, 2.05) is 19.9 Å². The molecule has 0 saturated carbocycles. The summed E-state index contributed by atoms with van der Waals surface area (Å²) in [5.74, 6) is 2.60. The van der Waals surface area contributed by atoms with Crippen molar-refractivity contribution in [2.75, 3.05) is 30.9 Å². The third-order valence-corrected chi connectivity index (χ3v) is 2.55. The summed E-state index contributed by atoms with van der Waals surface area (Å²) in [7, 11) is 1.69. The fourth-order valence-corrected chi connectivity index (χ4v) is 1.69. The van der Waals surface area contributed by atoms with Crippen LogP contribution in [0, 0.1) is 13.8 Å². The number of ether oxygens (including phenoxy) is 1. The van der Waals surface area contributed by atoms with Gasteiger partial charge in [-0.05, 0) is 20.3 Å². The van der Waals surface area contributed by atoms with Crippen molar-refractivity contribution in [2.24, 2.45) is 0 Å². The summed E-state index contributed by atoms with van der Waals surface area (Å²) in [5.41, 5.74) is 0.872. The molecular weight excluding hydrogens is 258 g/mol. The SMILES string of the molecule is COCCCNc1cc(C)nc(Nc2cc(C)on2)n1. The van der Waals surface area contributed by atoms with Crippen LogP contribution in [0.1, 0.15) is 17.9 Å². The highest BCUT2D eigenvalue weighted by Gasteiger charge is 2.05. The molecule has 0 spiro atoms. The van der Waals surface area contributed by atoms with Gasteiger partial charge in [-0.15, -0.1) is 0 Å². The molecule has 2 rings (SSSR count). The molecule has 0 aliphatic rings. The highest BCUT2D eigenvalue weighted by Crippen LogP contribution is 2.15. The van der Waals surface area contributed by atoms with Gasteiger partial charge >= 0.3 is 0 Å². The smallest absolute Gasteiger partial charge is 0.230 e. The molecule has 7 nitrogen and oxygen atoms in total. The van der Waals surface area contributed by atoms with Gasteiger partial charge in [0.25, 0.3) is 0 Å². The Morgan fingerprint density at radius 2 is 2.05 bits per heavy atom. The molecular formula is C13H19N5O2. The molecule has 7 heteroatoms. The van der Waals surface area contributed by atoms with Gasteiger partial charge in [-0.1, -0.05) is 5.16 Å². The zero-order chi connectivity index (χ0) is 14.4. The first-order valence-electron chi connectivity index (χ1n) is 6.46. The Labute approximate surface area is 117 Å². The molecule has 20 heavy (non-hydrogen) atoms. The van der Waals surface area contributed by atoms with Crippen LogP contribution in [-0.4, -0.2) is 35.4 Å². The number of hydrogen-bond donors (Lipinski definition) is 2. The van der Waals surface area contributed by atoms with Gasteiger partial charge in [0.15, 0.2) is 5.82 Å². The summed E-state index contributed by atoms with van der Waals surface area (Å²) in [6.07, 6.45) is 0.921. The molecule has 0 bridgehead atoms. The van der Waals surface area contributed by atoms with Gasteiger partial charge in [0.1, 0.15) is 11.6 Å². The minimum absolute atomic E-state index is 0.493. The van der Waals surface area contributed by atoms with Gasteiger partial charge in [-0.3, -0.25) is 0 Å². The van der Waals surface area contributed by atoms with Gasteiger partial charge in [-0.25, -0.2) is 4.98 Å². The average Bonchev–Trinajstić information content (AvgIpc) is 2.79. The maximum atomic E-state index is 5.00. The zero-order valence-corrected chi connectivity index (χ0v) is 11.9. The second-order valence-electron chi connectivity index (χ2n) is 4.44. The van der Waals surface area contributed by atoms with Crippen molar-refractivity contribution in [3.8, 4) is 0 Å². The molecule has 0 unspecified atom stereocenters. The number of rotatable bonds is 7. The lowest BCUT2D eigenvalue weighted by molar-refractivity contribution is 0.198.